The monoisotopic (exact) mass is 118 g/mol. The van der Waals surface area contributed by atoms with Gasteiger partial charge in [0.05, 0.1) is 6.20 Å². The van der Waals surface area contributed by atoms with Gasteiger partial charge in [-0.3, -0.25) is 4.98 Å². The molecule has 1 aliphatic rings. The van der Waals surface area contributed by atoms with E-state index in [-0.39, 0.29) is 0 Å². The Kier molecular flexibility index (Phi) is 0.737. The SMILES string of the molecule is C1=[N+]=c2ccncc2=N1. The fourth-order valence-electron chi connectivity index (χ4n) is 0.741. The molecule has 0 fully saturated rings. The third-order valence-electron chi connectivity index (χ3n) is 1.17. The van der Waals surface area contributed by atoms with Gasteiger partial charge >= 0.3 is 6.34 Å². The first kappa shape index (κ1) is 4.41. The van der Waals surface area contributed by atoms with Crippen LogP contribution in [0.3, 0.4) is 0 Å². The first-order valence-corrected chi connectivity index (χ1v) is 2.64. The number of hydrogen-bond donors (Lipinski definition) is 0. The summed E-state index contributed by atoms with van der Waals surface area (Å²) in [7, 11) is 0. The Bertz CT molecular complexity index is 374. The topological polar surface area (TPSA) is 39.4 Å². The van der Waals surface area contributed by atoms with Crippen molar-refractivity contribution < 1.29 is 0 Å². The van der Waals surface area contributed by atoms with E-state index in [0.717, 1.165) is 10.7 Å². The van der Waals surface area contributed by atoms with Crippen molar-refractivity contribution in [2.45, 2.75) is 0 Å². The van der Waals surface area contributed by atoms with E-state index >= 15 is 0 Å². The van der Waals surface area contributed by atoms with Crippen molar-refractivity contribution in [2.75, 3.05) is 0 Å². The summed E-state index contributed by atoms with van der Waals surface area (Å²) in [5, 5.41) is 1.77. The first-order valence-electron chi connectivity index (χ1n) is 2.64. The number of hydrogen-bond acceptors (Lipinski definition) is 2. The number of rotatable bonds is 0. The van der Waals surface area contributed by atoms with Crippen LogP contribution < -0.4 is 15.4 Å². The van der Waals surface area contributed by atoms with Gasteiger partial charge in [0.1, 0.15) is 0 Å². The predicted molar refractivity (Wildman–Crippen MR) is 32.3 cm³/mol. The summed E-state index contributed by atoms with van der Waals surface area (Å²) in [5.74, 6) is 0. The highest BCUT2D eigenvalue weighted by atomic mass is 14.8. The van der Waals surface area contributed by atoms with E-state index in [1.54, 1.807) is 12.4 Å². The van der Waals surface area contributed by atoms with Crippen molar-refractivity contribution in [3.05, 3.63) is 29.2 Å². The molecule has 0 aliphatic carbocycles. The van der Waals surface area contributed by atoms with Crippen LogP contribution in [0.15, 0.2) is 23.5 Å². The summed E-state index contributed by atoms with van der Waals surface area (Å²) in [6.07, 6.45) is 4.94. The highest BCUT2D eigenvalue weighted by Gasteiger charge is 1.99. The zero-order chi connectivity index (χ0) is 6.10. The standard InChI is InChI=1S/C6H4N3/c1-2-7-3-6-5(1)8-4-9-6/h1-4H/q+1. The van der Waals surface area contributed by atoms with Crippen LogP contribution >= 0.6 is 0 Å². The van der Waals surface area contributed by atoms with Crippen LogP contribution in [0, 0.1) is 0 Å². The molecule has 9 heavy (non-hydrogen) atoms. The molecule has 0 radical (unpaired) electrons. The van der Waals surface area contributed by atoms with E-state index in [2.05, 4.69) is 14.6 Å². The Hall–Kier alpha value is -1.47. The molecule has 3 nitrogen and oxygen atoms in total. The van der Waals surface area contributed by atoms with Gasteiger partial charge in [0.15, 0.2) is 0 Å². The quantitative estimate of drug-likeness (QED) is 0.379. The van der Waals surface area contributed by atoms with Crippen molar-refractivity contribution in [1.82, 2.24) is 9.65 Å². The minimum atomic E-state index is 0.859. The zero-order valence-corrected chi connectivity index (χ0v) is 4.65. The van der Waals surface area contributed by atoms with E-state index in [1.807, 2.05) is 6.07 Å². The van der Waals surface area contributed by atoms with Crippen molar-refractivity contribution in [3.63, 3.8) is 0 Å². The second kappa shape index (κ2) is 1.50. The van der Waals surface area contributed by atoms with Crippen LogP contribution in [0.1, 0.15) is 0 Å². The van der Waals surface area contributed by atoms with Gasteiger partial charge in [-0.25, -0.2) is 4.67 Å². The molecular weight excluding hydrogens is 114 g/mol. The molecule has 3 heteroatoms. The van der Waals surface area contributed by atoms with Gasteiger partial charge in [-0.1, -0.05) is 0 Å². The number of nitrogens with zero attached hydrogens (tertiary/aromatic N) is 3. The molecule has 0 N–H and O–H groups in total. The minimum Gasteiger partial charge on any atom is -0.260 e. The van der Waals surface area contributed by atoms with Gasteiger partial charge in [0.25, 0.3) is 10.7 Å². The van der Waals surface area contributed by atoms with E-state index in [1.165, 1.54) is 6.34 Å². The maximum atomic E-state index is 3.97. The normalized spacial score (nSPS) is 12.0. The molecule has 0 bridgehead atoms. The molecule has 0 unspecified atom stereocenters. The Morgan fingerprint density at radius 3 is 3.33 bits per heavy atom. The van der Waals surface area contributed by atoms with Crippen LogP contribution in [0.2, 0.25) is 0 Å². The number of pyridine rings is 1. The average Bonchev–Trinajstić information content (AvgIpc) is 2.33. The molecule has 0 saturated carbocycles. The van der Waals surface area contributed by atoms with Crippen LogP contribution in [-0.4, -0.2) is 11.3 Å². The first-order chi connectivity index (χ1) is 4.47. The highest BCUT2D eigenvalue weighted by molar-refractivity contribution is 5.54. The third kappa shape index (κ3) is 0.556. The molecule has 0 spiro atoms. The Morgan fingerprint density at radius 1 is 1.44 bits per heavy atom. The molecule has 0 atom stereocenters. The maximum absolute atomic E-state index is 3.97. The van der Waals surface area contributed by atoms with Crippen molar-refractivity contribution in [2.24, 2.45) is 4.99 Å². The van der Waals surface area contributed by atoms with Crippen LogP contribution in [-0.2, 0) is 0 Å². The summed E-state index contributed by atoms with van der Waals surface area (Å²) in [6.45, 7) is 0. The zero-order valence-electron chi connectivity index (χ0n) is 4.65. The Morgan fingerprint density at radius 2 is 2.44 bits per heavy atom. The fourth-order valence-corrected chi connectivity index (χ4v) is 0.741. The molecule has 0 saturated heterocycles. The van der Waals surface area contributed by atoms with Crippen LogP contribution in [0.4, 0.5) is 0 Å². The molecule has 0 amide bonds. The highest BCUT2D eigenvalue weighted by Crippen LogP contribution is 1.61. The molecule has 1 aromatic heterocycles. The van der Waals surface area contributed by atoms with Crippen molar-refractivity contribution in [1.29, 1.82) is 0 Å². The van der Waals surface area contributed by atoms with Gasteiger partial charge in [0.2, 0.25) is 0 Å². The second-order valence-electron chi connectivity index (χ2n) is 1.74. The third-order valence-corrected chi connectivity index (χ3v) is 1.17. The van der Waals surface area contributed by atoms with Crippen molar-refractivity contribution >= 4 is 6.34 Å². The predicted octanol–water partition coefficient (Wildman–Crippen LogP) is -1.57. The van der Waals surface area contributed by atoms with Gasteiger partial charge in [-0.05, 0) is 4.99 Å². The van der Waals surface area contributed by atoms with E-state index in [9.17, 15) is 0 Å². The van der Waals surface area contributed by atoms with E-state index < -0.39 is 0 Å². The van der Waals surface area contributed by atoms with Crippen molar-refractivity contribution in [3.8, 4) is 0 Å². The minimum absolute atomic E-state index is 0.859. The lowest BCUT2D eigenvalue weighted by Gasteiger charge is -1.68. The second-order valence-corrected chi connectivity index (χ2v) is 1.74. The molecule has 42 valence electrons. The summed E-state index contributed by atoms with van der Waals surface area (Å²) in [4.78, 5) is 7.83. The lowest BCUT2D eigenvalue weighted by molar-refractivity contribution is 1.20. The lowest BCUT2D eigenvalue weighted by Crippen LogP contribution is -2.23. The summed E-state index contributed by atoms with van der Waals surface area (Å²) < 4.78 is 3.97. The van der Waals surface area contributed by atoms with Crippen LogP contribution in [0.25, 0.3) is 0 Å². The molecule has 2 heterocycles. The lowest BCUT2D eigenvalue weighted by atomic mass is 10.4. The van der Waals surface area contributed by atoms with Gasteiger partial charge in [-0.2, -0.15) is 0 Å². The van der Waals surface area contributed by atoms with Gasteiger partial charge in [0, 0.05) is 12.3 Å². The van der Waals surface area contributed by atoms with E-state index in [0.29, 0.717) is 0 Å². The summed E-state index contributed by atoms with van der Waals surface area (Å²) >= 11 is 0. The summed E-state index contributed by atoms with van der Waals surface area (Å²) in [6, 6.07) is 1.84. The average molecular weight is 118 g/mol. The largest absolute Gasteiger partial charge is 0.379 e. The molecule has 1 aliphatic heterocycles. The van der Waals surface area contributed by atoms with Gasteiger partial charge in [-0.15, -0.1) is 0 Å². The molecule has 2 rings (SSSR count). The van der Waals surface area contributed by atoms with Crippen LogP contribution in [0.5, 0.6) is 0 Å². The summed E-state index contributed by atoms with van der Waals surface area (Å²) in [5.41, 5.74) is 0. The molecular formula is C6H4N3+. The molecule has 1 aromatic rings. The maximum Gasteiger partial charge on any atom is 0.379 e. The number of fused-ring (bicyclic) bond motifs is 1. The smallest absolute Gasteiger partial charge is 0.260 e. The van der Waals surface area contributed by atoms with Gasteiger partial charge < -0.3 is 0 Å². The fraction of sp³-hybridized carbons (Fsp3) is 0. The molecule has 0 aromatic carbocycles. The van der Waals surface area contributed by atoms with E-state index in [4.69, 9.17) is 0 Å². The number of aromatic nitrogens is 1. The Labute approximate surface area is 51.1 Å². The Balaban J connectivity index is 3.09.